The maximum Gasteiger partial charge on any atom is 0.165 e. The predicted octanol–water partition coefficient (Wildman–Crippen LogP) is 3.19. The van der Waals surface area contributed by atoms with Gasteiger partial charge in [-0.2, -0.15) is 11.8 Å². The molecule has 1 saturated heterocycles. The third kappa shape index (κ3) is 2.64. The van der Waals surface area contributed by atoms with Gasteiger partial charge in [-0.05, 0) is 35.3 Å². The zero-order valence-corrected chi connectivity index (χ0v) is 11.8. The van der Waals surface area contributed by atoms with Gasteiger partial charge < -0.3 is 9.84 Å². The van der Waals surface area contributed by atoms with E-state index >= 15 is 0 Å². The normalized spacial score (nSPS) is 26.9. The summed E-state index contributed by atoms with van der Waals surface area (Å²) >= 11 is 1.72. The lowest BCUT2D eigenvalue weighted by Crippen LogP contribution is -2.40. The summed E-state index contributed by atoms with van der Waals surface area (Å²) in [6.07, 6.45) is 0.652. The molecule has 1 aromatic rings. The Morgan fingerprint density at radius 2 is 2.06 bits per heavy atom. The van der Waals surface area contributed by atoms with E-state index in [0.29, 0.717) is 17.7 Å². The van der Waals surface area contributed by atoms with E-state index in [1.165, 1.54) is 13.2 Å². The Morgan fingerprint density at radius 3 is 2.61 bits per heavy atom. The Balaban J connectivity index is 2.32. The fourth-order valence-electron chi connectivity index (χ4n) is 2.53. The topological polar surface area (TPSA) is 29.5 Å². The molecule has 0 bridgehead atoms. The summed E-state index contributed by atoms with van der Waals surface area (Å²) < 4.78 is 18.6. The summed E-state index contributed by atoms with van der Waals surface area (Å²) in [6, 6.07) is 4.72. The molecule has 0 radical (unpaired) electrons. The van der Waals surface area contributed by atoms with Crippen LogP contribution in [0.1, 0.15) is 25.8 Å². The van der Waals surface area contributed by atoms with Gasteiger partial charge in [-0.3, -0.25) is 0 Å². The molecular formula is C14H19FO2S. The average Bonchev–Trinajstić information content (AvgIpc) is 2.27. The molecule has 1 aliphatic rings. The smallest absolute Gasteiger partial charge is 0.165 e. The fraction of sp³-hybridized carbons (Fsp3) is 0.571. The first-order chi connectivity index (χ1) is 8.36. The molecule has 1 unspecified atom stereocenters. The number of methoxy groups -OCH3 is 1. The Bertz CT molecular complexity index is 447. The van der Waals surface area contributed by atoms with Gasteiger partial charge in [0.1, 0.15) is 0 Å². The number of ether oxygens (including phenoxy) is 1. The molecular weight excluding hydrogens is 251 g/mol. The lowest BCUT2D eigenvalue weighted by Gasteiger charge is -2.41. The Labute approximate surface area is 112 Å². The van der Waals surface area contributed by atoms with Gasteiger partial charge in [0.05, 0.1) is 12.7 Å². The summed E-state index contributed by atoms with van der Waals surface area (Å²) in [5, 5.41) is 10.7. The molecule has 1 atom stereocenters. The van der Waals surface area contributed by atoms with Crippen molar-refractivity contribution < 1.29 is 14.2 Å². The number of thioether (sulfide) groups is 1. The Hall–Kier alpha value is -0.740. The number of hydrogen-bond donors (Lipinski definition) is 1. The van der Waals surface area contributed by atoms with Crippen LogP contribution in [-0.2, 0) is 5.60 Å². The minimum atomic E-state index is -0.945. The Morgan fingerprint density at radius 1 is 1.33 bits per heavy atom. The fourth-order valence-corrected chi connectivity index (χ4v) is 3.89. The Kier molecular flexibility index (Phi) is 3.60. The summed E-state index contributed by atoms with van der Waals surface area (Å²) in [5.41, 5.74) is -0.241. The third-order valence-corrected chi connectivity index (χ3v) is 4.96. The molecule has 1 N–H and O–H groups in total. The van der Waals surface area contributed by atoms with E-state index in [0.717, 1.165) is 5.75 Å². The van der Waals surface area contributed by atoms with Crippen molar-refractivity contribution in [3.8, 4) is 5.75 Å². The number of aliphatic hydroxyl groups is 1. The molecule has 4 heteroatoms. The second-order valence-corrected chi connectivity index (χ2v) is 6.70. The van der Waals surface area contributed by atoms with Crippen LogP contribution in [0, 0.1) is 11.2 Å². The maximum atomic E-state index is 13.7. The average molecular weight is 270 g/mol. The van der Waals surface area contributed by atoms with Gasteiger partial charge in [-0.15, -0.1) is 0 Å². The van der Waals surface area contributed by atoms with E-state index in [2.05, 4.69) is 13.8 Å². The number of benzene rings is 1. The molecule has 1 aromatic carbocycles. The van der Waals surface area contributed by atoms with Crippen LogP contribution in [0.25, 0.3) is 0 Å². The van der Waals surface area contributed by atoms with Gasteiger partial charge >= 0.3 is 0 Å². The number of halogens is 1. The largest absolute Gasteiger partial charge is 0.494 e. The molecule has 0 aliphatic carbocycles. The van der Waals surface area contributed by atoms with Gasteiger partial charge in [0.15, 0.2) is 11.6 Å². The van der Waals surface area contributed by atoms with Crippen LogP contribution in [0.5, 0.6) is 5.75 Å². The molecule has 1 fully saturated rings. The summed E-state index contributed by atoms with van der Waals surface area (Å²) in [4.78, 5) is 0. The molecule has 2 nitrogen and oxygen atoms in total. The van der Waals surface area contributed by atoms with Gasteiger partial charge in [0.25, 0.3) is 0 Å². The highest BCUT2D eigenvalue weighted by Crippen LogP contribution is 2.44. The molecule has 1 heterocycles. The van der Waals surface area contributed by atoms with Crippen molar-refractivity contribution in [2.75, 3.05) is 18.6 Å². The van der Waals surface area contributed by atoms with Gasteiger partial charge in [0, 0.05) is 5.75 Å². The minimum absolute atomic E-state index is 0.0636. The van der Waals surface area contributed by atoms with Crippen molar-refractivity contribution in [3.05, 3.63) is 29.6 Å². The third-order valence-electron chi connectivity index (χ3n) is 3.29. The SMILES string of the molecule is COc1ccc(C2(O)CSCC(C)(C)C2)cc1F. The lowest BCUT2D eigenvalue weighted by molar-refractivity contribution is 0.0153. The first-order valence-electron chi connectivity index (χ1n) is 6.00. The van der Waals surface area contributed by atoms with Crippen LogP contribution < -0.4 is 4.74 Å². The van der Waals surface area contributed by atoms with E-state index in [1.807, 2.05) is 0 Å². The van der Waals surface area contributed by atoms with Crippen LogP contribution in [0.3, 0.4) is 0 Å². The quantitative estimate of drug-likeness (QED) is 0.895. The highest BCUT2D eigenvalue weighted by molar-refractivity contribution is 7.99. The van der Waals surface area contributed by atoms with E-state index in [1.54, 1.807) is 23.9 Å². The molecule has 0 aromatic heterocycles. The monoisotopic (exact) mass is 270 g/mol. The molecule has 2 rings (SSSR count). The van der Waals surface area contributed by atoms with Crippen LogP contribution in [0.15, 0.2) is 18.2 Å². The van der Waals surface area contributed by atoms with E-state index < -0.39 is 11.4 Å². The molecule has 18 heavy (non-hydrogen) atoms. The number of rotatable bonds is 2. The standard InChI is InChI=1S/C14H19FO2S/c1-13(2)7-14(16,9-18-8-13)10-4-5-12(17-3)11(15)6-10/h4-6,16H,7-9H2,1-3H3. The minimum Gasteiger partial charge on any atom is -0.494 e. The lowest BCUT2D eigenvalue weighted by atomic mass is 9.78. The summed E-state index contributed by atoms with van der Waals surface area (Å²) in [6.45, 7) is 4.26. The second-order valence-electron chi connectivity index (χ2n) is 5.71. The molecule has 0 amide bonds. The molecule has 1 aliphatic heterocycles. The molecule has 100 valence electrons. The second kappa shape index (κ2) is 4.74. The van der Waals surface area contributed by atoms with Crippen molar-refractivity contribution in [1.29, 1.82) is 0 Å². The first kappa shape index (κ1) is 13.7. The van der Waals surface area contributed by atoms with E-state index in [-0.39, 0.29) is 11.2 Å². The molecule has 0 saturated carbocycles. The van der Waals surface area contributed by atoms with Crippen molar-refractivity contribution >= 4 is 11.8 Å². The number of hydrogen-bond acceptors (Lipinski definition) is 3. The first-order valence-corrected chi connectivity index (χ1v) is 7.16. The van der Waals surface area contributed by atoms with Gasteiger partial charge in [-0.1, -0.05) is 19.9 Å². The summed E-state index contributed by atoms with van der Waals surface area (Å²) in [7, 11) is 1.44. The van der Waals surface area contributed by atoms with Crippen LogP contribution in [0.2, 0.25) is 0 Å². The predicted molar refractivity (Wildman–Crippen MR) is 72.6 cm³/mol. The zero-order valence-electron chi connectivity index (χ0n) is 11.0. The van der Waals surface area contributed by atoms with E-state index in [9.17, 15) is 9.50 Å². The highest BCUT2D eigenvalue weighted by Gasteiger charge is 2.40. The van der Waals surface area contributed by atoms with Crippen molar-refractivity contribution in [2.45, 2.75) is 25.9 Å². The van der Waals surface area contributed by atoms with Crippen molar-refractivity contribution in [2.24, 2.45) is 5.41 Å². The zero-order chi connectivity index (χ0) is 13.4. The van der Waals surface area contributed by atoms with Crippen LogP contribution >= 0.6 is 11.8 Å². The molecule has 0 spiro atoms. The maximum absolute atomic E-state index is 13.7. The van der Waals surface area contributed by atoms with Gasteiger partial charge in [0.2, 0.25) is 0 Å². The van der Waals surface area contributed by atoms with Crippen molar-refractivity contribution in [1.82, 2.24) is 0 Å². The van der Waals surface area contributed by atoms with E-state index in [4.69, 9.17) is 4.74 Å². The summed E-state index contributed by atoms with van der Waals surface area (Å²) in [5.74, 6) is 1.43. The van der Waals surface area contributed by atoms with Crippen molar-refractivity contribution in [3.63, 3.8) is 0 Å². The highest BCUT2D eigenvalue weighted by atomic mass is 32.2. The van der Waals surface area contributed by atoms with Crippen LogP contribution in [0.4, 0.5) is 4.39 Å². The van der Waals surface area contributed by atoms with Gasteiger partial charge in [-0.25, -0.2) is 4.39 Å². The van der Waals surface area contributed by atoms with Crippen LogP contribution in [-0.4, -0.2) is 23.7 Å².